The molecule has 0 saturated heterocycles. The van der Waals surface area contributed by atoms with Crippen molar-refractivity contribution in [1.82, 2.24) is 0 Å². The normalized spacial score (nSPS) is 15.9. The fourth-order valence-corrected chi connectivity index (χ4v) is 3.88. The maximum absolute atomic E-state index is 4.29. The molecule has 1 aliphatic carbocycles. The van der Waals surface area contributed by atoms with Crippen LogP contribution >= 0.6 is 0 Å². The molecule has 1 atom stereocenters. The molecule has 0 fully saturated rings. The summed E-state index contributed by atoms with van der Waals surface area (Å²) in [5, 5.41) is 0. The van der Waals surface area contributed by atoms with Crippen molar-refractivity contribution >= 4 is 5.57 Å². The van der Waals surface area contributed by atoms with Crippen LogP contribution < -0.4 is 0 Å². The molecule has 1 unspecified atom stereocenters. The lowest BCUT2D eigenvalue weighted by molar-refractivity contribution is 0.342. The Hall–Kier alpha value is -2.60. The summed E-state index contributed by atoms with van der Waals surface area (Å²) in [7, 11) is 0. The summed E-state index contributed by atoms with van der Waals surface area (Å²) in [6.45, 7) is 17.4. The maximum Gasteiger partial charge on any atom is -0.00290 e. The molecule has 0 nitrogen and oxygen atoms in total. The number of aryl methyl sites for hydroxylation is 1. The van der Waals surface area contributed by atoms with Crippen LogP contribution in [0.2, 0.25) is 0 Å². The van der Waals surface area contributed by atoms with Crippen molar-refractivity contribution in [3.8, 4) is 0 Å². The Kier molecular flexibility index (Phi) is 9.31. The van der Waals surface area contributed by atoms with E-state index in [2.05, 4.69) is 127 Å². The minimum atomic E-state index is 0.214. The van der Waals surface area contributed by atoms with Crippen LogP contribution in [0.4, 0.5) is 0 Å². The van der Waals surface area contributed by atoms with E-state index in [1.165, 1.54) is 34.2 Å². The zero-order chi connectivity index (χ0) is 22.9. The Bertz CT molecular complexity index is 915. The van der Waals surface area contributed by atoms with E-state index in [0.717, 1.165) is 18.4 Å². The fourth-order valence-electron chi connectivity index (χ4n) is 3.88. The van der Waals surface area contributed by atoms with Gasteiger partial charge in [-0.25, -0.2) is 0 Å². The van der Waals surface area contributed by atoms with Gasteiger partial charge in [0.2, 0.25) is 0 Å². The van der Waals surface area contributed by atoms with Crippen LogP contribution in [0.15, 0.2) is 91.1 Å². The first-order valence-electron chi connectivity index (χ1n) is 11.7. The lowest BCUT2D eigenvalue weighted by Gasteiger charge is -2.30. The first kappa shape index (κ1) is 24.7. The highest BCUT2D eigenvalue weighted by molar-refractivity contribution is 5.78. The Morgan fingerprint density at radius 2 is 1.55 bits per heavy atom. The molecule has 0 aromatic heterocycles. The topological polar surface area (TPSA) is 0 Å². The highest BCUT2D eigenvalue weighted by Crippen LogP contribution is 2.35. The molecule has 0 amide bonds. The monoisotopic (exact) mass is 412 g/mol. The highest BCUT2D eigenvalue weighted by Gasteiger charge is 2.25. The smallest absolute Gasteiger partial charge is 0.00290 e. The Morgan fingerprint density at radius 3 is 2.03 bits per heavy atom. The van der Waals surface area contributed by atoms with E-state index >= 15 is 0 Å². The average Bonchev–Trinajstić information content (AvgIpc) is 2.75. The molecule has 31 heavy (non-hydrogen) atoms. The standard InChI is InChI=1S/C28H32.C3H8/c1-6-19-28(4,5)27-17-11-24(12-18-27)20-23-9-15-26(16-10-23)22(3)25-13-7-21(2)8-14-25;1-3-2/h6-17,19,27H,3,18,20H2,1-2,4-5H3;3H2,1-2H3. The minimum Gasteiger partial charge on any atom is -0.0911 e. The van der Waals surface area contributed by atoms with Gasteiger partial charge < -0.3 is 0 Å². The lowest BCUT2D eigenvalue weighted by atomic mass is 9.74. The quantitative estimate of drug-likeness (QED) is 0.415. The fraction of sp³-hybridized carbons (Fsp3) is 0.355. The van der Waals surface area contributed by atoms with Gasteiger partial charge >= 0.3 is 0 Å². The highest BCUT2D eigenvalue weighted by atomic mass is 14.3. The van der Waals surface area contributed by atoms with Gasteiger partial charge in [-0.3, -0.25) is 0 Å². The van der Waals surface area contributed by atoms with Crippen molar-refractivity contribution in [3.05, 3.63) is 113 Å². The molecule has 0 heterocycles. The first-order chi connectivity index (χ1) is 14.8. The molecule has 3 rings (SSSR count). The molecule has 164 valence electrons. The second kappa shape index (κ2) is 11.7. The average molecular weight is 413 g/mol. The molecule has 2 aromatic carbocycles. The van der Waals surface area contributed by atoms with Crippen molar-refractivity contribution in [2.75, 3.05) is 0 Å². The summed E-state index contributed by atoms with van der Waals surface area (Å²) in [6.07, 6.45) is 15.0. The molecule has 0 saturated carbocycles. The number of hydrogen-bond donors (Lipinski definition) is 0. The predicted molar refractivity (Wildman–Crippen MR) is 139 cm³/mol. The molecule has 0 spiro atoms. The molecule has 2 aromatic rings. The summed E-state index contributed by atoms with van der Waals surface area (Å²) in [6, 6.07) is 17.4. The number of hydrogen-bond acceptors (Lipinski definition) is 0. The largest absolute Gasteiger partial charge is 0.0911 e. The van der Waals surface area contributed by atoms with Crippen LogP contribution in [0.3, 0.4) is 0 Å². The second-order valence-corrected chi connectivity index (χ2v) is 9.23. The van der Waals surface area contributed by atoms with E-state index in [4.69, 9.17) is 0 Å². The van der Waals surface area contributed by atoms with Gasteiger partial charge in [-0.05, 0) is 65.9 Å². The minimum absolute atomic E-state index is 0.214. The molecular formula is C31H40. The summed E-state index contributed by atoms with van der Waals surface area (Å²) < 4.78 is 0. The van der Waals surface area contributed by atoms with E-state index in [1.54, 1.807) is 0 Å². The van der Waals surface area contributed by atoms with Gasteiger partial charge in [-0.1, -0.05) is 125 Å². The third-order valence-electron chi connectivity index (χ3n) is 5.84. The van der Waals surface area contributed by atoms with Crippen LogP contribution in [-0.4, -0.2) is 0 Å². The van der Waals surface area contributed by atoms with Gasteiger partial charge in [0.1, 0.15) is 0 Å². The second-order valence-electron chi connectivity index (χ2n) is 9.23. The summed E-state index contributed by atoms with van der Waals surface area (Å²) in [4.78, 5) is 0. The predicted octanol–water partition coefficient (Wildman–Crippen LogP) is 9.12. The van der Waals surface area contributed by atoms with Crippen LogP contribution in [0.1, 0.15) is 69.7 Å². The third kappa shape index (κ3) is 7.24. The van der Waals surface area contributed by atoms with Crippen molar-refractivity contribution in [3.63, 3.8) is 0 Å². The van der Waals surface area contributed by atoms with E-state index < -0.39 is 0 Å². The molecule has 0 heteroatoms. The first-order valence-corrected chi connectivity index (χ1v) is 11.7. The SMILES string of the molecule is C=C(c1ccc(C)cc1)c1ccc(CC2=CCC(C(C)(C)C=CC)C=C2)cc1.CCC. The molecule has 1 aliphatic rings. The van der Waals surface area contributed by atoms with E-state index in [1.807, 2.05) is 0 Å². The number of benzene rings is 2. The summed E-state index contributed by atoms with van der Waals surface area (Å²) in [5.41, 5.74) is 7.71. The third-order valence-corrected chi connectivity index (χ3v) is 5.84. The van der Waals surface area contributed by atoms with Crippen molar-refractivity contribution in [2.24, 2.45) is 11.3 Å². The summed E-state index contributed by atoms with van der Waals surface area (Å²) >= 11 is 0. The summed E-state index contributed by atoms with van der Waals surface area (Å²) in [5.74, 6) is 0.577. The molecule has 0 N–H and O–H groups in total. The molecular weight excluding hydrogens is 372 g/mol. The van der Waals surface area contributed by atoms with Crippen LogP contribution in [0.25, 0.3) is 5.57 Å². The van der Waals surface area contributed by atoms with Gasteiger partial charge in [0.15, 0.2) is 0 Å². The molecule has 0 radical (unpaired) electrons. The zero-order valence-corrected chi connectivity index (χ0v) is 20.4. The van der Waals surface area contributed by atoms with Gasteiger partial charge in [0.05, 0.1) is 0 Å². The van der Waals surface area contributed by atoms with Crippen LogP contribution in [0.5, 0.6) is 0 Å². The lowest BCUT2D eigenvalue weighted by Crippen LogP contribution is -2.21. The molecule has 0 bridgehead atoms. The number of allylic oxidation sites excluding steroid dienone is 6. The van der Waals surface area contributed by atoms with Gasteiger partial charge in [-0.15, -0.1) is 0 Å². The van der Waals surface area contributed by atoms with Crippen LogP contribution in [0, 0.1) is 18.3 Å². The van der Waals surface area contributed by atoms with E-state index in [9.17, 15) is 0 Å². The zero-order valence-electron chi connectivity index (χ0n) is 20.4. The van der Waals surface area contributed by atoms with Crippen molar-refractivity contribution < 1.29 is 0 Å². The van der Waals surface area contributed by atoms with Gasteiger partial charge in [-0.2, -0.15) is 0 Å². The van der Waals surface area contributed by atoms with Crippen molar-refractivity contribution in [1.29, 1.82) is 0 Å². The van der Waals surface area contributed by atoms with E-state index in [0.29, 0.717) is 5.92 Å². The van der Waals surface area contributed by atoms with Crippen LogP contribution in [-0.2, 0) is 6.42 Å². The Labute approximate surface area is 191 Å². The Morgan fingerprint density at radius 1 is 1.00 bits per heavy atom. The molecule has 0 aliphatic heterocycles. The van der Waals surface area contributed by atoms with Crippen molar-refractivity contribution in [2.45, 2.75) is 60.8 Å². The Balaban J connectivity index is 0.00000107. The van der Waals surface area contributed by atoms with Gasteiger partial charge in [0, 0.05) is 0 Å². The van der Waals surface area contributed by atoms with Gasteiger partial charge in [0.25, 0.3) is 0 Å². The van der Waals surface area contributed by atoms with E-state index in [-0.39, 0.29) is 5.41 Å². The maximum atomic E-state index is 4.29. The number of rotatable bonds is 6.